The van der Waals surface area contributed by atoms with Gasteiger partial charge in [0, 0.05) is 12.6 Å². The van der Waals surface area contributed by atoms with Crippen molar-refractivity contribution in [1.82, 2.24) is 5.32 Å². The molecule has 0 aliphatic heterocycles. The van der Waals surface area contributed by atoms with Crippen LogP contribution in [0.5, 0.6) is 0 Å². The Balaban J connectivity index is 2.06. The molecule has 1 rings (SSSR count). The van der Waals surface area contributed by atoms with E-state index in [-0.39, 0.29) is 5.41 Å². The van der Waals surface area contributed by atoms with Crippen LogP contribution in [0.25, 0.3) is 0 Å². The SMILES string of the molecule is CC1CCCC(NCCCC(C)(C)CO)C1. The molecule has 0 bridgehead atoms. The summed E-state index contributed by atoms with van der Waals surface area (Å²) in [5.74, 6) is 0.903. The summed E-state index contributed by atoms with van der Waals surface area (Å²) in [5, 5.41) is 12.8. The molecule has 0 amide bonds. The second kappa shape index (κ2) is 6.61. The first kappa shape index (κ1) is 14.0. The van der Waals surface area contributed by atoms with Crippen molar-refractivity contribution in [2.24, 2.45) is 11.3 Å². The summed E-state index contributed by atoms with van der Waals surface area (Å²) in [6.45, 7) is 8.04. The molecule has 2 N–H and O–H groups in total. The van der Waals surface area contributed by atoms with E-state index in [0.717, 1.165) is 24.9 Å². The van der Waals surface area contributed by atoms with Gasteiger partial charge >= 0.3 is 0 Å². The van der Waals surface area contributed by atoms with Crippen LogP contribution in [0.3, 0.4) is 0 Å². The van der Waals surface area contributed by atoms with Gasteiger partial charge in [-0.1, -0.05) is 33.6 Å². The van der Waals surface area contributed by atoms with Crippen molar-refractivity contribution in [3.8, 4) is 0 Å². The van der Waals surface area contributed by atoms with E-state index in [1.54, 1.807) is 0 Å². The maximum absolute atomic E-state index is 9.16. The van der Waals surface area contributed by atoms with Gasteiger partial charge in [-0.15, -0.1) is 0 Å². The van der Waals surface area contributed by atoms with E-state index in [2.05, 4.69) is 26.1 Å². The molecular weight excluding hydrogens is 198 g/mol. The summed E-state index contributed by atoms with van der Waals surface area (Å²) < 4.78 is 0. The third kappa shape index (κ3) is 5.31. The van der Waals surface area contributed by atoms with Crippen molar-refractivity contribution >= 4 is 0 Å². The minimum absolute atomic E-state index is 0.0987. The van der Waals surface area contributed by atoms with Gasteiger partial charge in [-0.25, -0.2) is 0 Å². The van der Waals surface area contributed by atoms with Crippen molar-refractivity contribution in [3.05, 3.63) is 0 Å². The van der Waals surface area contributed by atoms with E-state index in [1.807, 2.05) is 0 Å². The highest BCUT2D eigenvalue weighted by Crippen LogP contribution is 2.24. The van der Waals surface area contributed by atoms with E-state index >= 15 is 0 Å². The highest BCUT2D eigenvalue weighted by atomic mass is 16.3. The average Bonchev–Trinajstić information content (AvgIpc) is 2.25. The summed E-state index contributed by atoms with van der Waals surface area (Å²) in [6.07, 6.45) is 7.80. The molecule has 0 radical (unpaired) electrons. The van der Waals surface area contributed by atoms with E-state index in [0.29, 0.717) is 6.61 Å². The largest absolute Gasteiger partial charge is 0.396 e. The highest BCUT2D eigenvalue weighted by Gasteiger charge is 2.19. The Labute approximate surface area is 101 Å². The smallest absolute Gasteiger partial charge is 0.0482 e. The molecule has 16 heavy (non-hydrogen) atoms. The van der Waals surface area contributed by atoms with Gasteiger partial charge in [-0.05, 0) is 43.6 Å². The summed E-state index contributed by atoms with van der Waals surface area (Å²) in [4.78, 5) is 0. The van der Waals surface area contributed by atoms with Crippen molar-refractivity contribution in [2.75, 3.05) is 13.2 Å². The minimum atomic E-state index is 0.0987. The van der Waals surface area contributed by atoms with Crippen molar-refractivity contribution in [2.45, 2.75) is 65.3 Å². The third-order valence-corrected chi connectivity index (χ3v) is 3.83. The molecule has 0 saturated heterocycles. The third-order valence-electron chi connectivity index (χ3n) is 3.83. The Morgan fingerprint density at radius 2 is 2.06 bits per heavy atom. The highest BCUT2D eigenvalue weighted by molar-refractivity contribution is 4.76. The van der Waals surface area contributed by atoms with E-state index < -0.39 is 0 Å². The summed E-state index contributed by atoms with van der Waals surface area (Å²) in [7, 11) is 0. The second-order valence-electron chi connectivity index (χ2n) is 6.35. The van der Waals surface area contributed by atoms with Crippen LogP contribution in [-0.4, -0.2) is 24.3 Å². The van der Waals surface area contributed by atoms with Gasteiger partial charge < -0.3 is 10.4 Å². The maximum Gasteiger partial charge on any atom is 0.0482 e. The predicted octanol–water partition coefficient (Wildman–Crippen LogP) is 2.95. The van der Waals surface area contributed by atoms with Crippen molar-refractivity contribution in [1.29, 1.82) is 0 Å². The fraction of sp³-hybridized carbons (Fsp3) is 1.00. The maximum atomic E-state index is 9.16. The summed E-state index contributed by atoms with van der Waals surface area (Å²) in [5.41, 5.74) is 0.0987. The first-order valence-corrected chi connectivity index (χ1v) is 6.88. The number of aliphatic hydroxyl groups excluding tert-OH is 1. The lowest BCUT2D eigenvalue weighted by molar-refractivity contribution is 0.147. The number of hydrogen-bond acceptors (Lipinski definition) is 2. The average molecular weight is 227 g/mol. The van der Waals surface area contributed by atoms with Gasteiger partial charge in [-0.2, -0.15) is 0 Å². The fourth-order valence-corrected chi connectivity index (χ4v) is 2.57. The van der Waals surface area contributed by atoms with Gasteiger partial charge in [0.25, 0.3) is 0 Å². The molecule has 0 spiro atoms. The molecule has 1 aliphatic carbocycles. The Kier molecular flexibility index (Phi) is 5.77. The lowest BCUT2D eigenvalue weighted by Gasteiger charge is -2.28. The Morgan fingerprint density at radius 1 is 1.31 bits per heavy atom. The van der Waals surface area contributed by atoms with Crippen LogP contribution in [0.2, 0.25) is 0 Å². The first-order valence-electron chi connectivity index (χ1n) is 6.88. The molecule has 0 aromatic carbocycles. The Hall–Kier alpha value is -0.0800. The van der Waals surface area contributed by atoms with E-state index in [9.17, 15) is 0 Å². The number of rotatable bonds is 6. The molecule has 2 atom stereocenters. The van der Waals surface area contributed by atoms with Gasteiger partial charge in [0.15, 0.2) is 0 Å². The lowest BCUT2D eigenvalue weighted by Crippen LogP contribution is -2.34. The number of aliphatic hydroxyl groups is 1. The van der Waals surface area contributed by atoms with Gasteiger partial charge in [0.05, 0.1) is 0 Å². The molecular formula is C14H29NO. The molecule has 0 heterocycles. The van der Waals surface area contributed by atoms with Gasteiger partial charge in [-0.3, -0.25) is 0 Å². The molecule has 0 aromatic rings. The monoisotopic (exact) mass is 227 g/mol. The van der Waals surface area contributed by atoms with Crippen LogP contribution in [0, 0.1) is 11.3 Å². The van der Waals surface area contributed by atoms with Gasteiger partial charge in [0.1, 0.15) is 0 Å². The molecule has 2 heteroatoms. The quantitative estimate of drug-likeness (QED) is 0.684. The zero-order valence-electron chi connectivity index (χ0n) is 11.3. The first-order chi connectivity index (χ1) is 7.53. The van der Waals surface area contributed by atoms with Crippen LogP contribution in [0.4, 0.5) is 0 Å². The van der Waals surface area contributed by atoms with E-state index in [1.165, 1.54) is 32.1 Å². The molecule has 2 unspecified atom stereocenters. The predicted molar refractivity (Wildman–Crippen MR) is 69.5 cm³/mol. The van der Waals surface area contributed by atoms with Crippen LogP contribution < -0.4 is 5.32 Å². The number of nitrogens with one attached hydrogen (secondary N) is 1. The van der Waals surface area contributed by atoms with Crippen LogP contribution in [0.15, 0.2) is 0 Å². The van der Waals surface area contributed by atoms with E-state index in [4.69, 9.17) is 5.11 Å². The molecule has 1 saturated carbocycles. The number of hydrogen-bond donors (Lipinski definition) is 2. The van der Waals surface area contributed by atoms with Crippen LogP contribution >= 0.6 is 0 Å². The van der Waals surface area contributed by atoms with Crippen LogP contribution in [-0.2, 0) is 0 Å². The lowest BCUT2D eigenvalue weighted by atomic mass is 9.86. The van der Waals surface area contributed by atoms with Crippen molar-refractivity contribution < 1.29 is 5.11 Å². The van der Waals surface area contributed by atoms with Gasteiger partial charge in [0.2, 0.25) is 0 Å². The summed E-state index contributed by atoms with van der Waals surface area (Å²) in [6, 6.07) is 0.751. The topological polar surface area (TPSA) is 32.3 Å². The van der Waals surface area contributed by atoms with Crippen molar-refractivity contribution in [3.63, 3.8) is 0 Å². The molecule has 0 aromatic heterocycles. The normalized spacial score (nSPS) is 27.0. The molecule has 1 fully saturated rings. The zero-order valence-corrected chi connectivity index (χ0v) is 11.3. The Morgan fingerprint density at radius 3 is 2.69 bits per heavy atom. The van der Waals surface area contributed by atoms with Crippen LogP contribution in [0.1, 0.15) is 59.3 Å². The standard InChI is InChI=1S/C14H29NO/c1-12-6-4-7-13(10-12)15-9-5-8-14(2,3)11-16/h12-13,15-16H,4-11H2,1-3H3. The fourth-order valence-electron chi connectivity index (χ4n) is 2.57. The molecule has 96 valence electrons. The summed E-state index contributed by atoms with van der Waals surface area (Å²) >= 11 is 0. The minimum Gasteiger partial charge on any atom is -0.396 e. The molecule has 2 nitrogen and oxygen atoms in total. The zero-order chi connectivity index (χ0) is 12.0. The molecule has 1 aliphatic rings. The Bertz CT molecular complexity index is 191. The second-order valence-corrected chi connectivity index (χ2v) is 6.35.